The molecule has 0 heterocycles. The number of nitrogens with zero attached hydrogens (tertiary/aromatic N) is 2. The van der Waals surface area contributed by atoms with Crippen LogP contribution >= 0.6 is 12.2 Å². The molecule has 57 heavy (non-hydrogen) atoms. The third kappa shape index (κ3) is 39.8. The van der Waals surface area contributed by atoms with Crippen LogP contribution in [0.25, 0.3) is 0 Å². The SMILES string of the molecule is CCCCCCCCC(CCCCCCCC)OC(=O)CCCCCCCN(CCCCCCCC(=O)OCC(C)CCCCCCC)CCCNC(=S)N(C)C. The second-order valence-electron chi connectivity index (χ2n) is 17.6. The highest BCUT2D eigenvalue weighted by molar-refractivity contribution is 7.80. The second-order valence-corrected chi connectivity index (χ2v) is 18.0. The highest BCUT2D eigenvalue weighted by Crippen LogP contribution is 2.19. The Morgan fingerprint density at radius 3 is 1.42 bits per heavy atom. The molecule has 0 saturated heterocycles. The maximum Gasteiger partial charge on any atom is 0.306 e. The van der Waals surface area contributed by atoms with Gasteiger partial charge in [-0.3, -0.25) is 9.59 Å². The molecule has 338 valence electrons. The van der Waals surface area contributed by atoms with E-state index in [0.29, 0.717) is 25.4 Å². The number of rotatable bonds is 43. The molecule has 1 unspecified atom stereocenters. The third-order valence-corrected chi connectivity index (χ3v) is 11.9. The summed E-state index contributed by atoms with van der Waals surface area (Å²) in [4.78, 5) is 29.7. The number of hydrogen-bond donors (Lipinski definition) is 1. The van der Waals surface area contributed by atoms with Gasteiger partial charge in [-0.15, -0.1) is 0 Å². The molecule has 7 nitrogen and oxygen atoms in total. The van der Waals surface area contributed by atoms with E-state index >= 15 is 0 Å². The van der Waals surface area contributed by atoms with Crippen molar-refractivity contribution in [1.82, 2.24) is 15.1 Å². The van der Waals surface area contributed by atoms with E-state index in [1.165, 1.54) is 148 Å². The Balaban J connectivity index is 4.40. The fraction of sp³-hybridized carbons (Fsp3) is 0.939. The summed E-state index contributed by atoms with van der Waals surface area (Å²) in [5.74, 6) is 0.470. The Hall–Kier alpha value is -1.41. The molecule has 0 aliphatic rings. The van der Waals surface area contributed by atoms with Crippen LogP contribution in [0, 0.1) is 5.92 Å². The lowest BCUT2D eigenvalue weighted by Crippen LogP contribution is -2.36. The van der Waals surface area contributed by atoms with E-state index in [1.807, 2.05) is 19.0 Å². The Morgan fingerprint density at radius 1 is 0.526 bits per heavy atom. The zero-order valence-corrected chi connectivity index (χ0v) is 39.8. The minimum Gasteiger partial charge on any atom is -0.465 e. The van der Waals surface area contributed by atoms with Gasteiger partial charge in [0.1, 0.15) is 6.10 Å². The molecule has 0 aromatic heterocycles. The van der Waals surface area contributed by atoms with Gasteiger partial charge in [0.15, 0.2) is 5.11 Å². The molecule has 0 saturated carbocycles. The van der Waals surface area contributed by atoms with Gasteiger partial charge >= 0.3 is 11.9 Å². The summed E-state index contributed by atoms with van der Waals surface area (Å²) in [5.41, 5.74) is 0. The second kappa shape index (κ2) is 42.7. The Kier molecular flexibility index (Phi) is 41.6. The lowest BCUT2D eigenvalue weighted by molar-refractivity contribution is -0.150. The topological polar surface area (TPSA) is 71.1 Å². The van der Waals surface area contributed by atoms with Gasteiger partial charge in [-0.2, -0.15) is 0 Å². The summed E-state index contributed by atoms with van der Waals surface area (Å²) in [6, 6.07) is 0. The van der Waals surface area contributed by atoms with E-state index in [9.17, 15) is 9.59 Å². The van der Waals surface area contributed by atoms with E-state index in [1.54, 1.807) is 0 Å². The number of unbranched alkanes of at least 4 members (excludes halogenated alkanes) is 22. The van der Waals surface area contributed by atoms with Crippen LogP contribution in [0.1, 0.15) is 240 Å². The monoisotopic (exact) mass is 824 g/mol. The van der Waals surface area contributed by atoms with Crippen LogP contribution in [0.5, 0.6) is 0 Å². The first-order valence-corrected chi connectivity index (χ1v) is 25.2. The van der Waals surface area contributed by atoms with Gasteiger partial charge in [0.25, 0.3) is 0 Å². The average Bonchev–Trinajstić information content (AvgIpc) is 3.19. The summed E-state index contributed by atoms with van der Waals surface area (Å²) in [7, 11) is 3.97. The van der Waals surface area contributed by atoms with Gasteiger partial charge < -0.3 is 24.6 Å². The molecule has 0 spiro atoms. The molecule has 0 radical (unpaired) electrons. The zero-order chi connectivity index (χ0) is 42.0. The molecular weight excluding hydrogens is 727 g/mol. The predicted octanol–water partition coefficient (Wildman–Crippen LogP) is 13.7. The summed E-state index contributed by atoms with van der Waals surface area (Å²) in [6.07, 6.45) is 38.7. The summed E-state index contributed by atoms with van der Waals surface area (Å²) >= 11 is 5.41. The molecule has 0 aliphatic heterocycles. The first-order chi connectivity index (χ1) is 27.7. The molecule has 0 bridgehead atoms. The van der Waals surface area contributed by atoms with Crippen molar-refractivity contribution >= 4 is 29.3 Å². The molecule has 0 aromatic rings. The quantitative estimate of drug-likeness (QED) is 0.0370. The van der Waals surface area contributed by atoms with Crippen molar-refractivity contribution < 1.29 is 19.1 Å². The van der Waals surface area contributed by atoms with E-state index in [0.717, 1.165) is 82.7 Å². The van der Waals surface area contributed by atoms with Crippen molar-refractivity contribution in [3.05, 3.63) is 0 Å². The zero-order valence-electron chi connectivity index (χ0n) is 39.0. The number of esters is 2. The number of nitrogens with one attached hydrogen (secondary N) is 1. The first kappa shape index (κ1) is 55.6. The van der Waals surface area contributed by atoms with Crippen molar-refractivity contribution in [2.45, 2.75) is 246 Å². The standard InChI is InChI=1S/C49H97N3O4S/c1-7-10-13-16-21-28-36-46(37-29-22-17-14-11-8-2)56-48(54)39-31-24-19-26-33-42-52(43-34-40-50-49(57)51(5)6)41-32-25-18-23-30-38-47(53)55-44-45(4)35-27-20-15-12-9-3/h45-46H,7-44H2,1-6H3,(H,50,57). The first-order valence-electron chi connectivity index (χ1n) is 24.8. The average molecular weight is 824 g/mol. The summed E-state index contributed by atoms with van der Waals surface area (Å²) in [5, 5.41) is 4.17. The number of ether oxygens (including phenoxy) is 2. The molecule has 0 aromatic carbocycles. The number of carbonyl (C=O) groups is 2. The van der Waals surface area contributed by atoms with Crippen LogP contribution in [0.3, 0.4) is 0 Å². The van der Waals surface area contributed by atoms with Crippen LogP contribution in [0.2, 0.25) is 0 Å². The lowest BCUT2D eigenvalue weighted by atomic mass is 10.0. The van der Waals surface area contributed by atoms with Crippen molar-refractivity contribution in [3.8, 4) is 0 Å². The lowest BCUT2D eigenvalue weighted by Gasteiger charge is -2.23. The third-order valence-electron chi connectivity index (χ3n) is 11.4. The molecule has 8 heteroatoms. The highest BCUT2D eigenvalue weighted by atomic mass is 32.1. The van der Waals surface area contributed by atoms with Crippen LogP contribution in [-0.2, 0) is 19.1 Å². The Morgan fingerprint density at radius 2 is 0.930 bits per heavy atom. The number of thiocarbonyl (C=S) groups is 1. The van der Waals surface area contributed by atoms with Crippen molar-refractivity contribution in [2.75, 3.05) is 46.9 Å². The van der Waals surface area contributed by atoms with Crippen LogP contribution < -0.4 is 5.32 Å². The summed E-state index contributed by atoms with van der Waals surface area (Å²) < 4.78 is 11.6. The van der Waals surface area contributed by atoms with Gasteiger partial charge in [-0.25, -0.2) is 0 Å². The molecular formula is C49H97N3O4S. The minimum atomic E-state index is -0.0208. The van der Waals surface area contributed by atoms with Gasteiger partial charge in [-0.05, 0) is 102 Å². The highest BCUT2D eigenvalue weighted by Gasteiger charge is 2.15. The molecule has 1 N–H and O–H groups in total. The Bertz CT molecular complexity index is 888. The molecule has 0 aliphatic carbocycles. The van der Waals surface area contributed by atoms with Crippen molar-refractivity contribution in [1.29, 1.82) is 0 Å². The van der Waals surface area contributed by atoms with Gasteiger partial charge in [0.05, 0.1) is 6.61 Å². The van der Waals surface area contributed by atoms with Gasteiger partial charge in [0, 0.05) is 33.5 Å². The van der Waals surface area contributed by atoms with Gasteiger partial charge in [0.2, 0.25) is 0 Å². The largest absolute Gasteiger partial charge is 0.465 e. The maximum atomic E-state index is 12.8. The van der Waals surface area contributed by atoms with Gasteiger partial charge in [-0.1, -0.05) is 163 Å². The van der Waals surface area contributed by atoms with E-state index in [4.69, 9.17) is 21.7 Å². The van der Waals surface area contributed by atoms with E-state index < -0.39 is 0 Å². The number of hydrogen-bond acceptors (Lipinski definition) is 6. The summed E-state index contributed by atoms with van der Waals surface area (Å²) in [6.45, 7) is 13.8. The molecule has 0 fully saturated rings. The normalized spacial score (nSPS) is 12.0. The van der Waals surface area contributed by atoms with E-state index in [2.05, 4.69) is 37.9 Å². The van der Waals surface area contributed by atoms with E-state index in [-0.39, 0.29) is 18.0 Å². The maximum absolute atomic E-state index is 12.8. The minimum absolute atomic E-state index is 0.0208. The fourth-order valence-electron chi connectivity index (χ4n) is 7.56. The van der Waals surface area contributed by atoms with Crippen molar-refractivity contribution in [2.24, 2.45) is 5.92 Å². The number of carbonyl (C=O) groups excluding carboxylic acids is 2. The van der Waals surface area contributed by atoms with Crippen LogP contribution in [0.15, 0.2) is 0 Å². The molecule has 0 rings (SSSR count). The fourth-order valence-corrected chi connectivity index (χ4v) is 7.66. The van der Waals surface area contributed by atoms with Crippen LogP contribution in [0.4, 0.5) is 0 Å². The smallest absolute Gasteiger partial charge is 0.306 e. The van der Waals surface area contributed by atoms with Crippen molar-refractivity contribution in [3.63, 3.8) is 0 Å². The molecule has 0 amide bonds. The molecule has 1 atom stereocenters. The van der Waals surface area contributed by atoms with Crippen LogP contribution in [-0.4, -0.2) is 79.8 Å². The predicted molar refractivity (Wildman–Crippen MR) is 250 cm³/mol. The Labute approximate surface area is 360 Å².